The van der Waals surface area contributed by atoms with Crippen LogP contribution < -0.4 is 5.32 Å². The summed E-state index contributed by atoms with van der Waals surface area (Å²) in [5.74, 6) is 1.03. The summed E-state index contributed by atoms with van der Waals surface area (Å²) in [6, 6.07) is 1.31. The van der Waals surface area contributed by atoms with Gasteiger partial charge in [0.25, 0.3) is 0 Å². The lowest BCUT2D eigenvalue weighted by Gasteiger charge is -2.36. The zero-order valence-corrected chi connectivity index (χ0v) is 18.3. The van der Waals surface area contributed by atoms with E-state index in [0.29, 0.717) is 12.1 Å². The molecule has 0 spiro atoms. The molecule has 8 heteroatoms. The van der Waals surface area contributed by atoms with Gasteiger partial charge in [0.1, 0.15) is 0 Å². The van der Waals surface area contributed by atoms with Gasteiger partial charge in [-0.2, -0.15) is 0 Å². The molecular formula is C18H34IN5O2. The lowest BCUT2D eigenvalue weighted by molar-refractivity contribution is -0.0454. The molecule has 4 heterocycles. The van der Waals surface area contributed by atoms with E-state index in [1.54, 1.807) is 0 Å². The molecule has 0 amide bonds. The van der Waals surface area contributed by atoms with Crippen molar-refractivity contribution in [3.05, 3.63) is 0 Å². The van der Waals surface area contributed by atoms with Crippen molar-refractivity contribution in [3.63, 3.8) is 0 Å². The van der Waals surface area contributed by atoms with E-state index in [0.717, 1.165) is 65.0 Å². The first-order valence-corrected chi connectivity index (χ1v) is 9.96. The molecule has 1 N–H and O–H groups in total. The minimum Gasteiger partial charge on any atom is -0.379 e. The second-order valence-corrected chi connectivity index (χ2v) is 7.71. The molecule has 0 aromatic carbocycles. The van der Waals surface area contributed by atoms with E-state index in [1.165, 1.54) is 25.8 Å². The minimum atomic E-state index is 0. The van der Waals surface area contributed by atoms with E-state index in [-0.39, 0.29) is 30.1 Å². The van der Waals surface area contributed by atoms with Gasteiger partial charge < -0.3 is 19.7 Å². The molecule has 3 unspecified atom stereocenters. The van der Waals surface area contributed by atoms with Crippen LogP contribution in [0, 0.1) is 0 Å². The number of morpholine rings is 2. The van der Waals surface area contributed by atoms with Crippen LogP contribution in [0.25, 0.3) is 0 Å². The summed E-state index contributed by atoms with van der Waals surface area (Å²) in [5, 5.41) is 3.57. The number of aliphatic imine (C=N–C) groups is 1. The summed E-state index contributed by atoms with van der Waals surface area (Å²) in [6.45, 7) is 10.1. The summed E-state index contributed by atoms with van der Waals surface area (Å²) >= 11 is 0. The Hall–Kier alpha value is -0.160. The van der Waals surface area contributed by atoms with Crippen molar-refractivity contribution in [2.24, 2.45) is 4.99 Å². The summed E-state index contributed by atoms with van der Waals surface area (Å²) in [7, 11) is 1.89. The molecule has 4 saturated heterocycles. The van der Waals surface area contributed by atoms with Crippen molar-refractivity contribution in [3.8, 4) is 0 Å². The van der Waals surface area contributed by atoms with Gasteiger partial charge >= 0.3 is 0 Å². The average Bonchev–Trinajstić information content (AvgIpc) is 3.32. The number of nitrogens with one attached hydrogen (secondary N) is 1. The number of rotatable bonds is 3. The molecule has 0 saturated carbocycles. The maximum absolute atomic E-state index is 6.07. The third-order valence-corrected chi connectivity index (χ3v) is 6.19. The van der Waals surface area contributed by atoms with Crippen molar-refractivity contribution in [1.82, 2.24) is 20.0 Å². The molecule has 4 rings (SSSR count). The Bertz CT molecular complexity index is 474. The number of guanidine groups is 1. The van der Waals surface area contributed by atoms with Crippen molar-refractivity contribution in [2.45, 2.75) is 37.5 Å². The van der Waals surface area contributed by atoms with Gasteiger partial charge in [-0.3, -0.25) is 14.8 Å². The highest BCUT2D eigenvalue weighted by atomic mass is 127. The average molecular weight is 479 g/mol. The number of hydrogen-bond acceptors (Lipinski definition) is 5. The first kappa shape index (κ1) is 20.6. The molecule has 4 fully saturated rings. The van der Waals surface area contributed by atoms with Crippen LogP contribution in [0.4, 0.5) is 0 Å². The Morgan fingerprint density at radius 1 is 1.04 bits per heavy atom. The summed E-state index contributed by atoms with van der Waals surface area (Å²) in [5.41, 5.74) is 0. The fourth-order valence-corrected chi connectivity index (χ4v) is 4.72. The Kier molecular flexibility index (Phi) is 7.80. The Labute approximate surface area is 174 Å². The maximum atomic E-state index is 6.07. The number of nitrogens with zero attached hydrogens (tertiary/aromatic N) is 4. The van der Waals surface area contributed by atoms with Crippen LogP contribution in [0.15, 0.2) is 4.99 Å². The number of likely N-dealkylation sites (tertiary alicyclic amines) is 1. The molecule has 3 atom stereocenters. The molecule has 0 aromatic heterocycles. The smallest absolute Gasteiger partial charge is 0.193 e. The van der Waals surface area contributed by atoms with Crippen molar-refractivity contribution in [1.29, 1.82) is 0 Å². The molecule has 0 aromatic rings. The fourth-order valence-electron chi connectivity index (χ4n) is 4.72. The Morgan fingerprint density at radius 2 is 1.88 bits per heavy atom. The highest BCUT2D eigenvalue weighted by Crippen LogP contribution is 2.22. The molecule has 0 radical (unpaired) electrons. The van der Waals surface area contributed by atoms with Crippen LogP contribution >= 0.6 is 24.0 Å². The molecule has 26 heavy (non-hydrogen) atoms. The molecule has 4 aliphatic rings. The largest absolute Gasteiger partial charge is 0.379 e. The highest BCUT2D eigenvalue weighted by molar-refractivity contribution is 14.0. The highest BCUT2D eigenvalue weighted by Gasteiger charge is 2.33. The monoisotopic (exact) mass is 479 g/mol. The number of hydrogen-bond donors (Lipinski definition) is 1. The van der Waals surface area contributed by atoms with Gasteiger partial charge in [-0.1, -0.05) is 0 Å². The second-order valence-electron chi connectivity index (χ2n) is 7.71. The van der Waals surface area contributed by atoms with Crippen LogP contribution in [0.3, 0.4) is 0 Å². The second kappa shape index (κ2) is 9.86. The number of halogens is 1. The third-order valence-electron chi connectivity index (χ3n) is 6.19. The van der Waals surface area contributed by atoms with Crippen LogP contribution in [-0.4, -0.2) is 112 Å². The maximum Gasteiger partial charge on any atom is 0.193 e. The molecule has 7 nitrogen and oxygen atoms in total. The topological polar surface area (TPSA) is 52.6 Å². The zero-order valence-electron chi connectivity index (χ0n) is 15.9. The summed E-state index contributed by atoms with van der Waals surface area (Å²) in [4.78, 5) is 12.1. The lowest BCUT2D eigenvalue weighted by atomic mass is 10.2. The van der Waals surface area contributed by atoms with Crippen LogP contribution in [0.1, 0.15) is 19.3 Å². The van der Waals surface area contributed by atoms with Crippen LogP contribution in [-0.2, 0) is 9.47 Å². The quantitative estimate of drug-likeness (QED) is 0.361. The van der Waals surface area contributed by atoms with Gasteiger partial charge in [0.05, 0.1) is 25.9 Å². The van der Waals surface area contributed by atoms with Gasteiger partial charge in [-0.15, -0.1) is 24.0 Å². The van der Waals surface area contributed by atoms with Crippen molar-refractivity contribution < 1.29 is 9.47 Å². The van der Waals surface area contributed by atoms with E-state index < -0.39 is 0 Å². The molecule has 0 bridgehead atoms. The van der Waals surface area contributed by atoms with Crippen LogP contribution in [0.2, 0.25) is 0 Å². The SMILES string of the molecule is CN=C(NCC1CN2CCCC2CO1)N1CCC(N2CCOCC2)C1.I. The normalized spacial score (nSPS) is 33.8. The molecule has 0 aliphatic carbocycles. The third kappa shape index (κ3) is 4.81. The van der Waals surface area contributed by atoms with Crippen molar-refractivity contribution >= 4 is 29.9 Å². The first-order valence-electron chi connectivity index (χ1n) is 9.96. The summed E-state index contributed by atoms with van der Waals surface area (Å²) in [6.07, 6.45) is 4.13. The first-order chi connectivity index (χ1) is 12.3. The fraction of sp³-hybridized carbons (Fsp3) is 0.944. The lowest BCUT2D eigenvalue weighted by Crippen LogP contribution is -2.52. The van der Waals surface area contributed by atoms with E-state index in [4.69, 9.17) is 9.47 Å². The standard InChI is InChI=1S/C18H33N5O2.HI/c1-19-18(20-11-17-13-22-5-2-3-16(22)14-25-17)23-6-4-15(12-23)21-7-9-24-10-8-21;/h15-17H,2-14H2,1H3,(H,19,20);1H. The molecule has 4 aliphatic heterocycles. The Balaban J connectivity index is 0.00000196. The zero-order chi connectivity index (χ0) is 17.1. The molecular weight excluding hydrogens is 445 g/mol. The van der Waals surface area contributed by atoms with Gasteiger partial charge in [-0.25, -0.2) is 0 Å². The Morgan fingerprint density at radius 3 is 2.69 bits per heavy atom. The molecule has 150 valence electrons. The van der Waals surface area contributed by atoms with Gasteiger partial charge in [0.15, 0.2) is 5.96 Å². The van der Waals surface area contributed by atoms with Gasteiger partial charge in [0.2, 0.25) is 0 Å². The van der Waals surface area contributed by atoms with Crippen molar-refractivity contribution in [2.75, 3.05) is 72.7 Å². The number of ether oxygens (including phenoxy) is 2. The minimum absolute atomic E-state index is 0. The number of fused-ring (bicyclic) bond motifs is 1. The summed E-state index contributed by atoms with van der Waals surface area (Å²) < 4.78 is 11.5. The van der Waals surface area contributed by atoms with E-state index in [2.05, 4.69) is 25.0 Å². The van der Waals surface area contributed by atoms with Gasteiger partial charge in [0, 0.05) is 58.4 Å². The van der Waals surface area contributed by atoms with E-state index >= 15 is 0 Å². The predicted molar refractivity (Wildman–Crippen MR) is 113 cm³/mol. The predicted octanol–water partition coefficient (Wildman–Crippen LogP) is 0.450. The van der Waals surface area contributed by atoms with E-state index in [1.807, 2.05) is 7.05 Å². The van der Waals surface area contributed by atoms with E-state index in [9.17, 15) is 0 Å². The van der Waals surface area contributed by atoms with Crippen LogP contribution in [0.5, 0.6) is 0 Å². The van der Waals surface area contributed by atoms with Gasteiger partial charge in [-0.05, 0) is 25.8 Å².